The monoisotopic (exact) mass is 701 g/mol. The van der Waals surface area contributed by atoms with Crippen LogP contribution in [0.1, 0.15) is 37.0 Å². The minimum absolute atomic E-state index is 0.0737. The van der Waals surface area contributed by atoms with Crippen LogP contribution in [0.2, 0.25) is 5.02 Å². The molecule has 3 aromatic rings. The second kappa shape index (κ2) is 14.6. The summed E-state index contributed by atoms with van der Waals surface area (Å²) in [7, 11) is -4.26. The van der Waals surface area contributed by atoms with Gasteiger partial charge in [0.25, 0.3) is 0 Å². The van der Waals surface area contributed by atoms with Gasteiger partial charge in [0, 0.05) is 23.5 Å². The average Bonchev–Trinajstić information content (AvgIpc) is 2.93. The van der Waals surface area contributed by atoms with Gasteiger partial charge in [0.2, 0.25) is 21.8 Å². The van der Waals surface area contributed by atoms with Crippen LogP contribution >= 0.6 is 27.5 Å². The molecule has 0 aliphatic heterocycles. The maximum Gasteiger partial charge on any atom is 0.417 e. The number of benzene rings is 3. The van der Waals surface area contributed by atoms with E-state index < -0.39 is 56.9 Å². The number of nitrogens with one attached hydrogen (secondary N) is 1. The van der Waals surface area contributed by atoms with Crippen LogP contribution in [0, 0.1) is 0 Å². The molecule has 7 nitrogen and oxygen atoms in total. The Morgan fingerprint density at radius 3 is 2.23 bits per heavy atom. The van der Waals surface area contributed by atoms with Crippen molar-refractivity contribution in [3.8, 4) is 0 Å². The Bertz CT molecular complexity index is 1540. The number of amides is 2. The normalized spacial score (nSPS) is 13.2. The van der Waals surface area contributed by atoms with E-state index in [1.165, 1.54) is 4.90 Å². The van der Waals surface area contributed by atoms with Crippen LogP contribution in [0.4, 0.5) is 18.9 Å². The summed E-state index contributed by atoms with van der Waals surface area (Å²) in [4.78, 5) is 29.0. The predicted molar refractivity (Wildman–Crippen MR) is 165 cm³/mol. The minimum Gasteiger partial charge on any atom is -0.352 e. The summed E-state index contributed by atoms with van der Waals surface area (Å²) in [6.07, 6.45) is -3.33. The zero-order chi connectivity index (χ0) is 31.9. The number of rotatable bonds is 12. The van der Waals surface area contributed by atoms with Crippen molar-refractivity contribution < 1.29 is 31.2 Å². The number of anilines is 1. The van der Waals surface area contributed by atoms with Gasteiger partial charge in [-0.1, -0.05) is 76.9 Å². The number of alkyl halides is 3. The molecule has 0 saturated carbocycles. The van der Waals surface area contributed by atoms with Gasteiger partial charge >= 0.3 is 6.18 Å². The SMILES string of the molecule is CCC(C)NC(=O)C(Cc1ccccc1)N(Cc1cccc(Br)c1)C(=O)CN(c1ccc(Cl)c(C(F)(F)F)c1)S(C)(=O)=O. The summed E-state index contributed by atoms with van der Waals surface area (Å²) in [5.74, 6) is -1.23. The third-order valence-electron chi connectivity index (χ3n) is 6.74. The Balaban J connectivity index is 2.11. The van der Waals surface area contributed by atoms with E-state index in [-0.39, 0.29) is 19.0 Å². The maximum absolute atomic E-state index is 14.1. The van der Waals surface area contributed by atoms with E-state index in [0.717, 1.165) is 28.4 Å². The fourth-order valence-corrected chi connectivity index (χ4v) is 5.84. The maximum atomic E-state index is 14.1. The molecule has 3 aromatic carbocycles. The average molecular weight is 703 g/mol. The van der Waals surface area contributed by atoms with Crippen LogP contribution < -0.4 is 9.62 Å². The molecule has 13 heteroatoms. The minimum atomic E-state index is -4.86. The molecule has 0 heterocycles. The second-order valence-corrected chi connectivity index (χ2v) is 13.3. The molecular weight excluding hydrogens is 671 g/mol. The number of sulfonamides is 1. The van der Waals surface area contributed by atoms with E-state index in [4.69, 9.17) is 11.6 Å². The number of hydrogen-bond donors (Lipinski definition) is 1. The van der Waals surface area contributed by atoms with Gasteiger partial charge in [-0.2, -0.15) is 13.2 Å². The lowest BCUT2D eigenvalue weighted by molar-refractivity contribution is -0.140. The molecule has 0 saturated heterocycles. The summed E-state index contributed by atoms with van der Waals surface area (Å²) >= 11 is 9.16. The largest absolute Gasteiger partial charge is 0.417 e. The topological polar surface area (TPSA) is 86.8 Å². The summed E-state index contributed by atoms with van der Waals surface area (Å²) in [6.45, 7) is 2.79. The van der Waals surface area contributed by atoms with Crippen molar-refractivity contribution in [3.05, 3.63) is 99.0 Å². The zero-order valence-corrected chi connectivity index (χ0v) is 26.9. The highest BCUT2D eigenvalue weighted by Crippen LogP contribution is 2.37. The van der Waals surface area contributed by atoms with E-state index in [2.05, 4.69) is 21.2 Å². The molecule has 0 aliphatic rings. The lowest BCUT2D eigenvalue weighted by atomic mass is 10.0. The van der Waals surface area contributed by atoms with Crippen molar-refractivity contribution in [3.63, 3.8) is 0 Å². The molecule has 232 valence electrons. The molecule has 0 bridgehead atoms. The summed E-state index contributed by atoms with van der Waals surface area (Å²) in [5.41, 5.74) is -0.229. The van der Waals surface area contributed by atoms with Crippen LogP contribution in [0.15, 0.2) is 77.3 Å². The number of carbonyl (C=O) groups is 2. The van der Waals surface area contributed by atoms with Gasteiger partial charge in [-0.25, -0.2) is 8.42 Å². The Labute approximate surface area is 263 Å². The highest BCUT2D eigenvalue weighted by molar-refractivity contribution is 9.10. The third kappa shape index (κ3) is 9.70. The van der Waals surface area contributed by atoms with Gasteiger partial charge < -0.3 is 10.2 Å². The molecule has 0 radical (unpaired) electrons. The Hall–Kier alpha value is -3.09. The highest BCUT2D eigenvalue weighted by atomic mass is 79.9. The van der Waals surface area contributed by atoms with Crippen molar-refractivity contribution in [2.75, 3.05) is 17.1 Å². The zero-order valence-electron chi connectivity index (χ0n) is 23.7. The summed E-state index contributed by atoms with van der Waals surface area (Å²) in [6, 6.07) is 17.4. The molecule has 3 rings (SSSR count). The molecule has 2 atom stereocenters. The van der Waals surface area contributed by atoms with E-state index >= 15 is 0 Å². The molecule has 1 N–H and O–H groups in total. The smallest absolute Gasteiger partial charge is 0.352 e. The number of halogens is 5. The quantitative estimate of drug-likeness (QED) is 0.236. The fraction of sp³-hybridized carbons (Fsp3) is 0.333. The van der Waals surface area contributed by atoms with Gasteiger partial charge in [0.15, 0.2) is 0 Å². The Morgan fingerprint density at radius 1 is 1.00 bits per heavy atom. The molecule has 0 fully saturated rings. The summed E-state index contributed by atoms with van der Waals surface area (Å²) < 4.78 is 67.9. The molecular formula is C30H32BrClF3N3O4S. The van der Waals surface area contributed by atoms with Crippen molar-refractivity contribution >= 4 is 55.1 Å². The van der Waals surface area contributed by atoms with Crippen LogP contribution in [0.5, 0.6) is 0 Å². The lowest BCUT2D eigenvalue weighted by Gasteiger charge is -2.34. The predicted octanol–water partition coefficient (Wildman–Crippen LogP) is 6.44. The molecule has 2 unspecified atom stereocenters. The van der Waals surface area contributed by atoms with E-state index in [1.807, 2.05) is 19.9 Å². The Kier molecular flexibility index (Phi) is 11.7. The molecule has 0 aromatic heterocycles. The molecule has 2 amide bonds. The van der Waals surface area contributed by atoms with Crippen LogP contribution in [0.3, 0.4) is 0 Å². The first-order valence-electron chi connectivity index (χ1n) is 13.3. The van der Waals surface area contributed by atoms with Crippen molar-refractivity contribution in [1.29, 1.82) is 0 Å². The third-order valence-corrected chi connectivity index (χ3v) is 8.70. The van der Waals surface area contributed by atoms with Gasteiger partial charge in [-0.05, 0) is 54.8 Å². The second-order valence-electron chi connectivity index (χ2n) is 10.1. The standard InChI is InChI=1S/C30H32BrClF3N3O4S/c1-4-20(2)36-29(40)27(16-21-9-6-5-7-10-21)37(18-22-11-8-12-23(31)15-22)28(39)19-38(43(3,41)42)24-13-14-26(32)25(17-24)30(33,34)35/h5-15,17,20,27H,4,16,18-19H2,1-3H3,(H,36,40). The highest BCUT2D eigenvalue weighted by Gasteiger charge is 2.36. The first-order chi connectivity index (χ1) is 20.1. The lowest BCUT2D eigenvalue weighted by Crippen LogP contribution is -2.54. The van der Waals surface area contributed by atoms with Crippen molar-refractivity contribution in [1.82, 2.24) is 10.2 Å². The molecule has 0 spiro atoms. The molecule has 0 aliphatic carbocycles. The van der Waals surface area contributed by atoms with Crippen molar-refractivity contribution in [2.24, 2.45) is 0 Å². The van der Waals surface area contributed by atoms with E-state index in [0.29, 0.717) is 22.4 Å². The van der Waals surface area contributed by atoms with Gasteiger partial charge in [-0.15, -0.1) is 0 Å². The summed E-state index contributed by atoms with van der Waals surface area (Å²) in [5, 5.41) is 2.30. The first-order valence-corrected chi connectivity index (χ1v) is 16.3. The number of nitrogens with zero attached hydrogens (tertiary/aromatic N) is 2. The van der Waals surface area contributed by atoms with Crippen LogP contribution in [0.25, 0.3) is 0 Å². The van der Waals surface area contributed by atoms with Gasteiger partial charge in [-0.3, -0.25) is 13.9 Å². The number of hydrogen-bond acceptors (Lipinski definition) is 4. The van der Waals surface area contributed by atoms with Crippen LogP contribution in [-0.2, 0) is 38.8 Å². The fourth-order valence-electron chi connectivity index (χ4n) is 4.33. The van der Waals surface area contributed by atoms with E-state index in [1.54, 1.807) is 48.5 Å². The first kappa shape index (κ1) is 34.4. The van der Waals surface area contributed by atoms with Crippen molar-refractivity contribution in [2.45, 2.75) is 51.5 Å². The Morgan fingerprint density at radius 2 is 1.65 bits per heavy atom. The van der Waals surface area contributed by atoms with Crippen LogP contribution in [-0.4, -0.2) is 50.0 Å². The van der Waals surface area contributed by atoms with E-state index in [9.17, 15) is 31.2 Å². The molecule has 43 heavy (non-hydrogen) atoms. The van der Waals surface area contributed by atoms with Gasteiger partial charge in [0.1, 0.15) is 12.6 Å². The van der Waals surface area contributed by atoms with Gasteiger partial charge in [0.05, 0.1) is 22.5 Å². The number of carbonyl (C=O) groups excluding carboxylic acids is 2.